The number of pyridine rings is 1. The normalized spacial score (nSPS) is 10.6. The topological polar surface area (TPSA) is 53.1 Å². The molecule has 2 N–H and O–H groups in total. The van der Waals surface area contributed by atoms with E-state index in [-0.39, 0.29) is 11.3 Å². The molecule has 0 aliphatic carbocycles. The third-order valence-corrected chi connectivity index (χ3v) is 3.81. The highest BCUT2D eigenvalue weighted by molar-refractivity contribution is 5.66. The van der Waals surface area contributed by atoms with Gasteiger partial charge >= 0.3 is 0 Å². The highest BCUT2D eigenvalue weighted by atomic mass is 16.3. The fourth-order valence-electron chi connectivity index (χ4n) is 2.59. The zero-order valence-electron chi connectivity index (χ0n) is 12.3. The SMILES string of the molecule is Cc1c(-c2ccccc2)[nH]c(=O)c(Cc2ccccc2)c1O. The van der Waals surface area contributed by atoms with Crippen molar-refractivity contribution < 1.29 is 5.11 Å². The van der Waals surface area contributed by atoms with Crippen LogP contribution in [-0.2, 0) is 6.42 Å². The summed E-state index contributed by atoms with van der Waals surface area (Å²) in [5, 5.41) is 10.5. The Balaban J connectivity index is 2.08. The van der Waals surface area contributed by atoms with E-state index in [1.54, 1.807) is 0 Å². The molecule has 0 unspecified atom stereocenters. The number of H-pyrrole nitrogens is 1. The zero-order chi connectivity index (χ0) is 15.5. The van der Waals surface area contributed by atoms with Gasteiger partial charge in [-0.1, -0.05) is 60.7 Å². The molecule has 0 aliphatic heterocycles. The smallest absolute Gasteiger partial charge is 0.255 e. The predicted octanol–water partition coefficient (Wildman–Crippen LogP) is 3.65. The number of rotatable bonds is 3. The Labute approximate surface area is 128 Å². The fraction of sp³-hybridized carbons (Fsp3) is 0.105. The maximum absolute atomic E-state index is 12.4. The molecule has 0 saturated heterocycles. The van der Waals surface area contributed by atoms with Crippen LogP contribution in [0.5, 0.6) is 5.75 Å². The van der Waals surface area contributed by atoms with Gasteiger partial charge in [0.2, 0.25) is 0 Å². The molecule has 0 amide bonds. The van der Waals surface area contributed by atoms with Gasteiger partial charge in [0.1, 0.15) is 5.75 Å². The third-order valence-electron chi connectivity index (χ3n) is 3.81. The number of benzene rings is 2. The highest BCUT2D eigenvalue weighted by Gasteiger charge is 2.15. The lowest BCUT2D eigenvalue weighted by molar-refractivity contribution is 0.463. The van der Waals surface area contributed by atoms with Crippen LogP contribution in [0.3, 0.4) is 0 Å². The van der Waals surface area contributed by atoms with E-state index in [4.69, 9.17) is 0 Å². The molecule has 1 heterocycles. The Kier molecular flexibility index (Phi) is 3.79. The van der Waals surface area contributed by atoms with E-state index in [9.17, 15) is 9.90 Å². The zero-order valence-corrected chi connectivity index (χ0v) is 12.3. The average Bonchev–Trinajstić information content (AvgIpc) is 2.57. The minimum Gasteiger partial charge on any atom is -0.507 e. The summed E-state index contributed by atoms with van der Waals surface area (Å²) in [4.78, 5) is 15.3. The van der Waals surface area contributed by atoms with Crippen molar-refractivity contribution in [1.29, 1.82) is 0 Å². The summed E-state index contributed by atoms with van der Waals surface area (Å²) >= 11 is 0. The summed E-state index contributed by atoms with van der Waals surface area (Å²) in [5.74, 6) is 0.0754. The van der Waals surface area contributed by atoms with Crippen LogP contribution in [0.4, 0.5) is 0 Å². The van der Waals surface area contributed by atoms with Crippen LogP contribution in [-0.4, -0.2) is 10.1 Å². The van der Waals surface area contributed by atoms with Gasteiger partial charge in [-0.3, -0.25) is 4.79 Å². The predicted molar refractivity (Wildman–Crippen MR) is 88.1 cm³/mol. The largest absolute Gasteiger partial charge is 0.507 e. The number of aromatic nitrogens is 1. The first-order chi connectivity index (χ1) is 10.7. The van der Waals surface area contributed by atoms with Crippen molar-refractivity contribution in [2.45, 2.75) is 13.3 Å². The summed E-state index contributed by atoms with van der Waals surface area (Å²) in [7, 11) is 0. The Bertz CT molecular complexity index is 837. The van der Waals surface area contributed by atoms with Gasteiger partial charge in [-0.15, -0.1) is 0 Å². The van der Waals surface area contributed by atoms with E-state index in [1.807, 2.05) is 67.6 Å². The van der Waals surface area contributed by atoms with Gasteiger partial charge in [0, 0.05) is 12.0 Å². The Morgan fingerprint density at radius 3 is 2.18 bits per heavy atom. The molecule has 0 aliphatic rings. The van der Waals surface area contributed by atoms with Crippen molar-refractivity contribution in [2.75, 3.05) is 0 Å². The molecule has 3 heteroatoms. The quantitative estimate of drug-likeness (QED) is 0.774. The Hall–Kier alpha value is -2.81. The van der Waals surface area contributed by atoms with Crippen LogP contribution < -0.4 is 5.56 Å². The molecule has 22 heavy (non-hydrogen) atoms. The number of aromatic hydroxyl groups is 1. The summed E-state index contributed by atoms with van der Waals surface area (Å²) in [6, 6.07) is 19.2. The van der Waals surface area contributed by atoms with Gasteiger partial charge in [-0.2, -0.15) is 0 Å². The summed E-state index contributed by atoms with van der Waals surface area (Å²) in [6.07, 6.45) is 0.415. The Morgan fingerprint density at radius 2 is 1.55 bits per heavy atom. The molecule has 1 aromatic heterocycles. The van der Waals surface area contributed by atoms with Crippen molar-refractivity contribution in [3.63, 3.8) is 0 Å². The monoisotopic (exact) mass is 291 g/mol. The minimum atomic E-state index is -0.245. The van der Waals surface area contributed by atoms with Gasteiger partial charge in [0.25, 0.3) is 5.56 Å². The van der Waals surface area contributed by atoms with E-state index in [2.05, 4.69) is 4.98 Å². The molecular formula is C19H17NO2. The van der Waals surface area contributed by atoms with E-state index >= 15 is 0 Å². The first kappa shape index (κ1) is 14.1. The minimum absolute atomic E-state index is 0.0754. The molecular weight excluding hydrogens is 274 g/mol. The van der Waals surface area contributed by atoms with Crippen molar-refractivity contribution >= 4 is 0 Å². The first-order valence-corrected chi connectivity index (χ1v) is 7.21. The van der Waals surface area contributed by atoms with Crippen LogP contribution in [0.1, 0.15) is 16.7 Å². The molecule has 0 spiro atoms. The maximum atomic E-state index is 12.4. The third kappa shape index (κ3) is 2.66. The lowest BCUT2D eigenvalue weighted by atomic mass is 10.00. The first-order valence-electron chi connectivity index (χ1n) is 7.21. The van der Waals surface area contributed by atoms with E-state index < -0.39 is 0 Å². The summed E-state index contributed by atoms with van der Waals surface area (Å²) in [5.41, 5.74) is 3.40. The lowest BCUT2D eigenvalue weighted by Gasteiger charge is -2.12. The number of hydrogen-bond donors (Lipinski definition) is 2. The lowest BCUT2D eigenvalue weighted by Crippen LogP contribution is -2.15. The number of nitrogens with one attached hydrogen (secondary N) is 1. The van der Waals surface area contributed by atoms with E-state index in [1.165, 1.54) is 0 Å². The van der Waals surface area contributed by atoms with Crippen molar-refractivity contribution in [3.8, 4) is 17.0 Å². The molecule has 0 atom stereocenters. The summed E-state index contributed by atoms with van der Waals surface area (Å²) < 4.78 is 0. The van der Waals surface area contributed by atoms with Crippen molar-refractivity contribution in [3.05, 3.63) is 87.7 Å². The molecule has 0 bridgehead atoms. The standard InChI is InChI=1S/C19H17NO2/c1-13-17(15-10-6-3-7-11-15)20-19(22)16(18(13)21)12-14-8-4-2-5-9-14/h2-11H,12H2,1H3,(H2,20,21,22). The van der Waals surface area contributed by atoms with Crippen LogP contribution in [0, 0.1) is 6.92 Å². The van der Waals surface area contributed by atoms with E-state index in [0.717, 1.165) is 11.1 Å². The average molecular weight is 291 g/mol. The van der Waals surface area contributed by atoms with Crippen LogP contribution in [0.2, 0.25) is 0 Å². The molecule has 0 fully saturated rings. The van der Waals surface area contributed by atoms with E-state index in [0.29, 0.717) is 23.2 Å². The Morgan fingerprint density at radius 1 is 0.955 bits per heavy atom. The van der Waals surface area contributed by atoms with Crippen molar-refractivity contribution in [2.24, 2.45) is 0 Å². The second kappa shape index (κ2) is 5.90. The highest BCUT2D eigenvalue weighted by Crippen LogP contribution is 2.29. The molecule has 3 rings (SSSR count). The second-order valence-electron chi connectivity index (χ2n) is 5.31. The van der Waals surface area contributed by atoms with Crippen LogP contribution in [0.15, 0.2) is 65.5 Å². The van der Waals surface area contributed by atoms with Gasteiger partial charge in [-0.25, -0.2) is 0 Å². The van der Waals surface area contributed by atoms with Crippen LogP contribution >= 0.6 is 0 Å². The number of aromatic amines is 1. The molecule has 110 valence electrons. The number of hydrogen-bond acceptors (Lipinski definition) is 2. The van der Waals surface area contributed by atoms with Gasteiger partial charge in [0.05, 0.1) is 11.3 Å². The fourth-order valence-corrected chi connectivity index (χ4v) is 2.59. The maximum Gasteiger partial charge on any atom is 0.255 e. The molecule has 0 saturated carbocycles. The van der Waals surface area contributed by atoms with Crippen LogP contribution in [0.25, 0.3) is 11.3 Å². The van der Waals surface area contributed by atoms with Crippen molar-refractivity contribution in [1.82, 2.24) is 4.98 Å². The van der Waals surface area contributed by atoms with Gasteiger partial charge < -0.3 is 10.1 Å². The molecule has 0 radical (unpaired) electrons. The summed E-state index contributed by atoms with van der Waals surface area (Å²) in [6.45, 7) is 1.82. The molecule has 3 nitrogen and oxygen atoms in total. The molecule has 2 aromatic carbocycles. The van der Waals surface area contributed by atoms with Gasteiger partial charge in [-0.05, 0) is 18.1 Å². The molecule has 3 aromatic rings. The van der Waals surface area contributed by atoms with Gasteiger partial charge in [0.15, 0.2) is 0 Å². The second-order valence-corrected chi connectivity index (χ2v) is 5.31.